The van der Waals surface area contributed by atoms with Gasteiger partial charge in [0.15, 0.2) is 0 Å². The number of para-hydroxylation sites is 1. The lowest BCUT2D eigenvalue weighted by Gasteiger charge is -2.26. The van der Waals surface area contributed by atoms with Crippen LogP contribution in [-0.4, -0.2) is 23.9 Å². The molecule has 3 aromatic rings. The Kier molecular flexibility index (Phi) is 5.11. The first kappa shape index (κ1) is 19.5. The van der Waals surface area contributed by atoms with Crippen LogP contribution in [-0.2, 0) is 9.59 Å². The second-order valence-corrected chi connectivity index (χ2v) is 7.12. The van der Waals surface area contributed by atoms with Crippen molar-refractivity contribution in [2.24, 2.45) is 0 Å². The number of carbonyl (C=O) groups is 2. The van der Waals surface area contributed by atoms with Crippen molar-refractivity contribution in [1.82, 2.24) is 0 Å². The van der Waals surface area contributed by atoms with E-state index in [4.69, 9.17) is 4.74 Å². The molecule has 1 fully saturated rings. The Morgan fingerprint density at radius 3 is 2.33 bits per heavy atom. The standard InChI is InChI=1S/C25H21NO4/c1-16-9-8-12-18(15-16)26-22(19-13-6-7-14-20(19)30-2)21(24(28)25(26)29)23(27)17-10-4-3-5-11-17/h3-15,22,27H,1-2H3/b23-21-. The van der Waals surface area contributed by atoms with E-state index < -0.39 is 17.7 Å². The molecule has 30 heavy (non-hydrogen) atoms. The van der Waals surface area contributed by atoms with Crippen LogP contribution in [0.3, 0.4) is 0 Å². The van der Waals surface area contributed by atoms with E-state index in [0.717, 1.165) is 5.56 Å². The fourth-order valence-electron chi connectivity index (χ4n) is 3.81. The van der Waals surface area contributed by atoms with Crippen LogP contribution in [0.15, 0.2) is 84.4 Å². The second-order valence-electron chi connectivity index (χ2n) is 7.12. The summed E-state index contributed by atoms with van der Waals surface area (Å²) in [5.74, 6) is -1.09. The summed E-state index contributed by atoms with van der Waals surface area (Å²) in [6, 6.07) is 22.5. The van der Waals surface area contributed by atoms with Gasteiger partial charge in [-0.3, -0.25) is 14.5 Å². The van der Waals surface area contributed by atoms with Gasteiger partial charge in [-0.25, -0.2) is 0 Å². The summed E-state index contributed by atoms with van der Waals surface area (Å²) < 4.78 is 5.52. The Hall–Kier alpha value is -3.86. The zero-order valence-corrected chi connectivity index (χ0v) is 16.7. The number of aryl methyl sites for hydroxylation is 1. The third-order valence-corrected chi connectivity index (χ3v) is 5.20. The van der Waals surface area contributed by atoms with E-state index in [-0.39, 0.29) is 11.3 Å². The lowest BCUT2D eigenvalue weighted by atomic mass is 9.94. The molecule has 5 nitrogen and oxygen atoms in total. The van der Waals surface area contributed by atoms with E-state index in [9.17, 15) is 14.7 Å². The maximum atomic E-state index is 13.1. The zero-order chi connectivity index (χ0) is 21.3. The molecule has 1 atom stereocenters. The molecule has 0 radical (unpaired) electrons. The Labute approximate surface area is 174 Å². The molecular weight excluding hydrogens is 378 g/mol. The van der Waals surface area contributed by atoms with E-state index in [0.29, 0.717) is 22.6 Å². The molecule has 0 saturated carbocycles. The smallest absolute Gasteiger partial charge is 0.300 e. The van der Waals surface area contributed by atoms with Crippen molar-refractivity contribution in [2.75, 3.05) is 12.0 Å². The monoisotopic (exact) mass is 399 g/mol. The van der Waals surface area contributed by atoms with Crippen LogP contribution in [0.1, 0.15) is 22.7 Å². The number of benzene rings is 3. The van der Waals surface area contributed by atoms with Gasteiger partial charge >= 0.3 is 0 Å². The number of methoxy groups -OCH3 is 1. The quantitative estimate of drug-likeness (QED) is 0.395. The molecule has 1 N–H and O–H groups in total. The summed E-state index contributed by atoms with van der Waals surface area (Å²) in [6.07, 6.45) is 0. The van der Waals surface area contributed by atoms with E-state index in [1.165, 1.54) is 12.0 Å². The number of anilines is 1. The van der Waals surface area contributed by atoms with Gasteiger partial charge < -0.3 is 9.84 Å². The fourth-order valence-corrected chi connectivity index (χ4v) is 3.81. The molecule has 0 aromatic heterocycles. The number of rotatable bonds is 4. The molecule has 1 aliphatic rings. The number of hydrogen-bond donors (Lipinski definition) is 1. The number of nitrogens with zero attached hydrogens (tertiary/aromatic N) is 1. The number of aliphatic hydroxyl groups is 1. The molecule has 0 bridgehead atoms. The minimum absolute atomic E-state index is 0.0391. The van der Waals surface area contributed by atoms with Crippen molar-refractivity contribution in [3.05, 3.63) is 101 Å². The molecule has 150 valence electrons. The van der Waals surface area contributed by atoms with Gasteiger partial charge in [-0.05, 0) is 30.7 Å². The topological polar surface area (TPSA) is 66.8 Å². The summed E-state index contributed by atoms with van der Waals surface area (Å²) >= 11 is 0. The SMILES string of the molecule is COc1ccccc1C1/C(=C(/O)c2ccccc2)C(=O)C(=O)N1c1cccc(C)c1. The van der Waals surface area contributed by atoms with Gasteiger partial charge in [0.25, 0.3) is 11.7 Å². The first-order valence-electron chi connectivity index (χ1n) is 9.59. The van der Waals surface area contributed by atoms with Crippen molar-refractivity contribution >= 4 is 23.1 Å². The van der Waals surface area contributed by atoms with Crippen LogP contribution >= 0.6 is 0 Å². The number of ether oxygens (including phenoxy) is 1. The maximum Gasteiger partial charge on any atom is 0.300 e. The normalized spacial score (nSPS) is 17.9. The van der Waals surface area contributed by atoms with Gasteiger partial charge in [-0.1, -0.05) is 60.7 Å². The molecule has 1 heterocycles. The Balaban J connectivity index is 2.00. The molecule has 5 heteroatoms. The lowest BCUT2D eigenvalue weighted by molar-refractivity contribution is -0.132. The molecular formula is C25H21NO4. The molecule has 3 aromatic carbocycles. The van der Waals surface area contributed by atoms with Gasteiger partial charge in [0.1, 0.15) is 11.5 Å². The first-order chi connectivity index (χ1) is 14.5. The van der Waals surface area contributed by atoms with E-state index in [2.05, 4.69) is 0 Å². The van der Waals surface area contributed by atoms with Gasteiger partial charge in [-0.15, -0.1) is 0 Å². The number of amides is 1. The Morgan fingerprint density at radius 2 is 1.63 bits per heavy atom. The minimum Gasteiger partial charge on any atom is -0.507 e. The highest BCUT2D eigenvalue weighted by Crippen LogP contribution is 2.44. The number of aliphatic hydroxyl groups excluding tert-OH is 1. The Bertz CT molecular complexity index is 1150. The second kappa shape index (κ2) is 7.87. The average molecular weight is 399 g/mol. The molecule has 1 unspecified atom stereocenters. The summed E-state index contributed by atoms with van der Waals surface area (Å²) in [7, 11) is 1.54. The zero-order valence-electron chi connectivity index (χ0n) is 16.7. The van der Waals surface area contributed by atoms with Crippen LogP contribution in [0, 0.1) is 6.92 Å². The van der Waals surface area contributed by atoms with Crippen LogP contribution in [0.4, 0.5) is 5.69 Å². The first-order valence-corrected chi connectivity index (χ1v) is 9.59. The van der Waals surface area contributed by atoms with Crippen LogP contribution in [0.2, 0.25) is 0 Å². The molecule has 1 aliphatic heterocycles. The number of ketones is 1. The summed E-state index contributed by atoms with van der Waals surface area (Å²) in [5.41, 5.74) is 2.67. The van der Waals surface area contributed by atoms with Crippen molar-refractivity contribution in [3.8, 4) is 5.75 Å². The van der Waals surface area contributed by atoms with Crippen molar-refractivity contribution in [3.63, 3.8) is 0 Å². The van der Waals surface area contributed by atoms with Gasteiger partial charge in [-0.2, -0.15) is 0 Å². The number of Topliss-reactive ketones (excluding diaryl/α,β-unsaturated/α-hetero) is 1. The van der Waals surface area contributed by atoms with Crippen molar-refractivity contribution in [2.45, 2.75) is 13.0 Å². The van der Waals surface area contributed by atoms with Crippen LogP contribution < -0.4 is 9.64 Å². The minimum atomic E-state index is -0.817. The molecule has 4 rings (SSSR count). The molecule has 0 aliphatic carbocycles. The number of carbonyl (C=O) groups excluding carboxylic acids is 2. The van der Waals surface area contributed by atoms with E-state index in [1.807, 2.05) is 43.3 Å². The highest BCUT2D eigenvalue weighted by atomic mass is 16.5. The summed E-state index contributed by atoms with van der Waals surface area (Å²) in [4.78, 5) is 27.7. The third-order valence-electron chi connectivity index (χ3n) is 5.20. The van der Waals surface area contributed by atoms with Crippen molar-refractivity contribution < 1.29 is 19.4 Å². The van der Waals surface area contributed by atoms with Gasteiger partial charge in [0, 0.05) is 16.8 Å². The summed E-state index contributed by atoms with van der Waals surface area (Å²) in [6.45, 7) is 1.92. The maximum absolute atomic E-state index is 13.1. The fraction of sp³-hybridized carbons (Fsp3) is 0.120. The van der Waals surface area contributed by atoms with Gasteiger partial charge in [0.2, 0.25) is 0 Å². The highest BCUT2D eigenvalue weighted by molar-refractivity contribution is 6.51. The number of hydrogen-bond acceptors (Lipinski definition) is 4. The van der Waals surface area contributed by atoms with Gasteiger partial charge in [0.05, 0.1) is 18.7 Å². The Morgan fingerprint density at radius 1 is 0.933 bits per heavy atom. The van der Waals surface area contributed by atoms with Crippen LogP contribution in [0.5, 0.6) is 5.75 Å². The van der Waals surface area contributed by atoms with E-state index in [1.54, 1.807) is 42.5 Å². The van der Waals surface area contributed by atoms with E-state index >= 15 is 0 Å². The van der Waals surface area contributed by atoms with Crippen molar-refractivity contribution in [1.29, 1.82) is 0 Å². The molecule has 1 amide bonds. The predicted octanol–water partition coefficient (Wildman–Crippen LogP) is 4.63. The predicted molar refractivity (Wildman–Crippen MR) is 115 cm³/mol. The molecule has 1 saturated heterocycles. The molecule has 0 spiro atoms. The van der Waals surface area contributed by atoms with Crippen LogP contribution in [0.25, 0.3) is 5.76 Å². The average Bonchev–Trinajstić information content (AvgIpc) is 3.04. The lowest BCUT2D eigenvalue weighted by Crippen LogP contribution is -2.29. The highest BCUT2D eigenvalue weighted by Gasteiger charge is 2.47. The summed E-state index contributed by atoms with van der Waals surface area (Å²) in [5, 5.41) is 11.1. The largest absolute Gasteiger partial charge is 0.507 e. The third kappa shape index (κ3) is 3.24.